The van der Waals surface area contributed by atoms with Gasteiger partial charge in [-0.2, -0.15) is 18.2 Å². The van der Waals surface area contributed by atoms with Crippen molar-refractivity contribution in [2.24, 2.45) is 0 Å². The zero-order chi connectivity index (χ0) is 32.1. The normalized spacial score (nSPS) is 14.3. The van der Waals surface area contributed by atoms with Gasteiger partial charge in [0.25, 0.3) is 0 Å². The monoisotopic (exact) mass is 833 g/mol. The van der Waals surface area contributed by atoms with Gasteiger partial charge in [-0.1, -0.05) is 96.2 Å². The number of imidazole rings is 1. The van der Waals surface area contributed by atoms with Crippen molar-refractivity contribution in [2.75, 3.05) is 0 Å². The molecule has 0 saturated carbocycles. The Hall–Kier alpha value is -4.77. The van der Waals surface area contributed by atoms with Gasteiger partial charge >= 0.3 is 21.1 Å². The second-order valence-electron chi connectivity index (χ2n) is 13.0. The fraction of sp³-hybridized carbons (Fsp3) is 0.0952. The number of hydrogen-bond donors (Lipinski definition) is 0. The number of alkyl halides is 1. The maximum atomic E-state index is 16.7. The molecule has 0 bridgehead atoms. The molecule has 4 aromatic heterocycles. The van der Waals surface area contributed by atoms with E-state index < -0.39 is 6.17 Å². The summed E-state index contributed by atoms with van der Waals surface area (Å²) in [5.41, 5.74) is 7.77. The quantitative estimate of drug-likeness (QED) is 0.131. The molecule has 7 heteroatoms. The first kappa shape index (κ1) is 30.3. The standard InChI is InChI=1S/C42H27FN4S.Pt/c1-42(2)33-13-4-6-15-36(33)48-39-34(42)19-18-30-31-12-8-20-44-41(31)47(38(30)39)27-10-7-9-25(23-27)37(43)26-16-17-28-29-11-3-5-14-35(29)46-22-21-45-40(46)32(28)24-26;/h3-22,37H,1-2H3;/q-2;+2. The number of rotatable bonds is 3. The largest absolute Gasteiger partial charge is 2.00 e. The Balaban J connectivity index is 0.00000325. The zero-order valence-electron chi connectivity index (χ0n) is 26.5. The van der Waals surface area contributed by atoms with Crippen LogP contribution >= 0.6 is 11.8 Å². The summed E-state index contributed by atoms with van der Waals surface area (Å²) in [6.07, 6.45) is 4.11. The smallest absolute Gasteiger partial charge is 0.340 e. The molecule has 5 aromatic carbocycles. The van der Waals surface area contributed by atoms with Gasteiger partial charge in [0, 0.05) is 50.1 Å². The summed E-state index contributed by atoms with van der Waals surface area (Å²) in [4.78, 5) is 11.9. The molecular weight excluding hydrogens is 807 g/mol. The van der Waals surface area contributed by atoms with Crippen molar-refractivity contribution in [2.45, 2.75) is 35.2 Å². The molecule has 0 fully saturated rings. The number of halogens is 1. The van der Waals surface area contributed by atoms with Gasteiger partial charge < -0.3 is 8.97 Å². The number of aromatic nitrogens is 4. The molecule has 9 aromatic rings. The van der Waals surface area contributed by atoms with Gasteiger partial charge in [0.05, 0.1) is 11.2 Å². The molecule has 0 radical (unpaired) electrons. The SMILES string of the molecule is CC1(C)c2ccccc2Sc2c1ccc1c3cccnc3n(-c3[c-]c(C(F)c4[c-]c5c(cc4)c4ccccc4n4ccnc54)ccc3)c21.[Pt+2]. The number of benzene rings is 5. The van der Waals surface area contributed by atoms with Gasteiger partial charge in [-0.3, -0.25) is 4.98 Å². The Labute approximate surface area is 300 Å². The number of para-hydroxylation sites is 1. The molecule has 1 aliphatic heterocycles. The van der Waals surface area contributed by atoms with Crippen molar-refractivity contribution in [3.63, 3.8) is 0 Å². The first-order valence-electron chi connectivity index (χ1n) is 16.1. The van der Waals surface area contributed by atoms with Crippen LogP contribution in [0.25, 0.3) is 54.9 Å². The maximum absolute atomic E-state index is 16.7. The topological polar surface area (TPSA) is 35.1 Å². The van der Waals surface area contributed by atoms with Crippen LogP contribution in [-0.4, -0.2) is 18.9 Å². The first-order valence-corrected chi connectivity index (χ1v) is 16.9. The fourth-order valence-corrected chi connectivity index (χ4v) is 9.16. The van der Waals surface area contributed by atoms with Crippen molar-refractivity contribution < 1.29 is 25.5 Å². The zero-order valence-corrected chi connectivity index (χ0v) is 29.6. The molecule has 0 aliphatic carbocycles. The number of hydrogen-bond acceptors (Lipinski definition) is 3. The van der Waals surface area contributed by atoms with Gasteiger partial charge in [0.15, 0.2) is 0 Å². The third-order valence-corrected chi connectivity index (χ3v) is 11.2. The Morgan fingerprint density at radius 3 is 2.39 bits per heavy atom. The van der Waals surface area contributed by atoms with E-state index in [2.05, 4.69) is 90.1 Å². The van der Waals surface area contributed by atoms with Crippen molar-refractivity contribution in [1.82, 2.24) is 18.9 Å². The van der Waals surface area contributed by atoms with Crippen LogP contribution in [0.2, 0.25) is 0 Å². The predicted molar refractivity (Wildman–Crippen MR) is 192 cm³/mol. The van der Waals surface area contributed by atoms with E-state index in [9.17, 15) is 0 Å². The van der Waals surface area contributed by atoms with Crippen LogP contribution in [0.3, 0.4) is 0 Å². The summed E-state index contributed by atoms with van der Waals surface area (Å²) in [7, 11) is 0. The average molecular weight is 834 g/mol. The second-order valence-corrected chi connectivity index (χ2v) is 14.0. The molecule has 0 N–H and O–H groups in total. The molecular formula is C42H27FN4PtS. The van der Waals surface area contributed by atoms with Gasteiger partial charge in [-0.25, -0.2) is 9.37 Å². The molecule has 10 rings (SSSR count). The van der Waals surface area contributed by atoms with Crippen LogP contribution < -0.4 is 0 Å². The van der Waals surface area contributed by atoms with Crippen molar-refractivity contribution in [1.29, 1.82) is 0 Å². The van der Waals surface area contributed by atoms with E-state index in [4.69, 9.17) is 4.98 Å². The Morgan fingerprint density at radius 1 is 0.694 bits per heavy atom. The van der Waals surface area contributed by atoms with E-state index in [1.54, 1.807) is 18.0 Å². The summed E-state index contributed by atoms with van der Waals surface area (Å²) in [5.74, 6) is 0. The summed E-state index contributed by atoms with van der Waals surface area (Å²) in [6.45, 7) is 4.59. The first-order chi connectivity index (χ1) is 23.5. The van der Waals surface area contributed by atoms with Crippen LogP contribution in [0.1, 0.15) is 42.3 Å². The summed E-state index contributed by atoms with van der Waals surface area (Å²) in [6, 6.07) is 41.9. The number of pyridine rings is 2. The molecule has 5 heterocycles. The van der Waals surface area contributed by atoms with E-state index >= 15 is 4.39 Å². The summed E-state index contributed by atoms with van der Waals surface area (Å²) < 4.78 is 20.9. The molecule has 0 amide bonds. The second kappa shape index (κ2) is 11.1. The number of nitrogens with zero attached hydrogens (tertiary/aromatic N) is 4. The molecule has 0 saturated heterocycles. The summed E-state index contributed by atoms with van der Waals surface area (Å²) in [5, 5.41) is 5.06. The molecule has 4 nitrogen and oxygen atoms in total. The van der Waals surface area contributed by atoms with Gasteiger partial charge in [-0.05, 0) is 40.8 Å². The Morgan fingerprint density at radius 2 is 1.47 bits per heavy atom. The molecule has 0 spiro atoms. The summed E-state index contributed by atoms with van der Waals surface area (Å²) >= 11 is 1.80. The minimum Gasteiger partial charge on any atom is -0.340 e. The van der Waals surface area contributed by atoms with Crippen LogP contribution in [0, 0.1) is 12.1 Å². The van der Waals surface area contributed by atoms with E-state index in [0.29, 0.717) is 11.1 Å². The Bertz CT molecular complexity index is 2780. The van der Waals surface area contributed by atoms with Crippen molar-refractivity contribution in [3.05, 3.63) is 156 Å². The van der Waals surface area contributed by atoms with Crippen LogP contribution in [0.5, 0.6) is 0 Å². The van der Waals surface area contributed by atoms with Crippen LogP contribution in [0.15, 0.2) is 132 Å². The van der Waals surface area contributed by atoms with Crippen molar-refractivity contribution >= 4 is 61.0 Å². The molecule has 1 atom stereocenters. The average Bonchev–Trinajstić information content (AvgIpc) is 3.76. The molecule has 49 heavy (non-hydrogen) atoms. The minimum atomic E-state index is -1.44. The van der Waals surface area contributed by atoms with Gasteiger partial charge in [0.2, 0.25) is 0 Å². The molecule has 238 valence electrons. The van der Waals surface area contributed by atoms with E-state index in [1.165, 1.54) is 20.9 Å². The van der Waals surface area contributed by atoms with Gasteiger partial charge in [-0.15, -0.1) is 29.8 Å². The van der Waals surface area contributed by atoms with Crippen LogP contribution in [-0.2, 0) is 26.5 Å². The maximum Gasteiger partial charge on any atom is 2.00 e. The number of fused-ring (bicyclic) bond motifs is 12. The third kappa shape index (κ3) is 4.33. The fourth-order valence-electron chi connectivity index (χ4n) is 7.63. The molecule has 1 unspecified atom stereocenters. The van der Waals surface area contributed by atoms with Gasteiger partial charge in [0.1, 0.15) is 11.8 Å². The van der Waals surface area contributed by atoms with Crippen LogP contribution in [0.4, 0.5) is 4.39 Å². The third-order valence-electron chi connectivity index (χ3n) is 9.97. The predicted octanol–water partition coefficient (Wildman–Crippen LogP) is 10.6. The van der Waals surface area contributed by atoms with E-state index in [-0.39, 0.29) is 26.5 Å². The minimum absolute atomic E-state index is 0. The van der Waals surface area contributed by atoms with Crippen molar-refractivity contribution in [3.8, 4) is 5.69 Å². The Kier molecular flexibility index (Phi) is 6.88. The van der Waals surface area contributed by atoms with E-state index in [0.717, 1.165) is 54.9 Å². The van der Waals surface area contributed by atoms with E-state index in [1.807, 2.05) is 65.3 Å². The molecule has 1 aliphatic rings.